The molecule has 106 valence electrons. The molecule has 0 aromatic heterocycles. The molecule has 1 aromatic carbocycles. The van der Waals surface area contributed by atoms with E-state index in [4.69, 9.17) is 0 Å². The molecule has 19 heavy (non-hydrogen) atoms. The molecule has 1 unspecified atom stereocenters. The summed E-state index contributed by atoms with van der Waals surface area (Å²) in [5.41, 5.74) is 0.792. The molecule has 1 rings (SSSR count). The quantitative estimate of drug-likeness (QED) is 0.717. The van der Waals surface area contributed by atoms with Gasteiger partial charge < -0.3 is 5.32 Å². The molecular weight excluding hydrogens is 254 g/mol. The minimum atomic E-state index is 0.0555. The predicted octanol–water partition coefficient (Wildman–Crippen LogP) is 4.35. The van der Waals surface area contributed by atoms with Gasteiger partial charge in [0.2, 0.25) is 0 Å². The van der Waals surface area contributed by atoms with E-state index in [0.717, 1.165) is 23.4 Å². The van der Waals surface area contributed by atoms with E-state index in [1.807, 2.05) is 30.5 Å². The first kappa shape index (κ1) is 16.1. The smallest absolute Gasteiger partial charge is 0.252 e. The van der Waals surface area contributed by atoms with Gasteiger partial charge in [-0.2, -0.15) is 0 Å². The van der Waals surface area contributed by atoms with Crippen LogP contribution in [-0.4, -0.2) is 18.7 Å². The summed E-state index contributed by atoms with van der Waals surface area (Å²) in [6.07, 6.45) is 6.81. The van der Waals surface area contributed by atoms with Crippen molar-refractivity contribution in [3.05, 3.63) is 29.8 Å². The van der Waals surface area contributed by atoms with Gasteiger partial charge in [-0.3, -0.25) is 4.79 Å². The zero-order chi connectivity index (χ0) is 14.1. The Bertz CT molecular complexity index is 392. The summed E-state index contributed by atoms with van der Waals surface area (Å²) >= 11 is 1.62. The van der Waals surface area contributed by atoms with Gasteiger partial charge in [0.05, 0.1) is 5.56 Å². The lowest BCUT2D eigenvalue weighted by Crippen LogP contribution is -2.29. The van der Waals surface area contributed by atoms with Crippen molar-refractivity contribution in [2.75, 3.05) is 12.8 Å². The molecule has 0 saturated heterocycles. The molecule has 0 radical (unpaired) electrons. The van der Waals surface area contributed by atoms with E-state index in [2.05, 4.69) is 19.2 Å². The van der Waals surface area contributed by atoms with Gasteiger partial charge in [-0.25, -0.2) is 0 Å². The summed E-state index contributed by atoms with van der Waals surface area (Å²) in [4.78, 5) is 13.2. The van der Waals surface area contributed by atoms with Crippen molar-refractivity contribution in [1.82, 2.24) is 5.32 Å². The molecule has 0 aliphatic heterocycles. The Labute approximate surface area is 121 Å². The lowest BCUT2D eigenvalue weighted by atomic mass is 9.99. The summed E-state index contributed by atoms with van der Waals surface area (Å²) in [5.74, 6) is 0.658. The molecule has 0 fully saturated rings. The fourth-order valence-electron chi connectivity index (χ4n) is 2.11. The Hall–Kier alpha value is -0.960. The second kappa shape index (κ2) is 9.03. The molecule has 2 nitrogen and oxygen atoms in total. The number of benzene rings is 1. The van der Waals surface area contributed by atoms with Crippen molar-refractivity contribution >= 4 is 17.7 Å². The molecule has 3 heteroatoms. The Balaban J connectivity index is 2.54. The molecule has 1 atom stereocenters. The molecule has 1 amide bonds. The monoisotopic (exact) mass is 279 g/mol. The third kappa shape index (κ3) is 5.27. The van der Waals surface area contributed by atoms with Gasteiger partial charge in [0.1, 0.15) is 0 Å². The maximum absolute atomic E-state index is 12.2. The second-order valence-corrected chi connectivity index (χ2v) is 5.67. The van der Waals surface area contributed by atoms with Gasteiger partial charge in [0, 0.05) is 11.4 Å². The Morgan fingerprint density at radius 1 is 1.32 bits per heavy atom. The number of thioether (sulfide) groups is 1. The van der Waals surface area contributed by atoms with E-state index in [1.54, 1.807) is 11.8 Å². The molecule has 1 N–H and O–H groups in total. The minimum Gasteiger partial charge on any atom is -0.352 e. The first-order chi connectivity index (χ1) is 9.22. The zero-order valence-electron chi connectivity index (χ0n) is 12.2. The van der Waals surface area contributed by atoms with E-state index in [1.165, 1.54) is 19.3 Å². The average Bonchev–Trinajstić information content (AvgIpc) is 2.47. The first-order valence-electron chi connectivity index (χ1n) is 7.14. The van der Waals surface area contributed by atoms with Crippen LogP contribution in [0.15, 0.2) is 29.2 Å². The molecule has 0 aliphatic rings. The van der Waals surface area contributed by atoms with E-state index in [-0.39, 0.29) is 5.91 Å². The van der Waals surface area contributed by atoms with Gasteiger partial charge in [-0.1, -0.05) is 45.2 Å². The molecular formula is C16H25NOS. The van der Waals surface area contributed by atoms with Crippen LogP contribution in [0.25, 0.3) is 0 Å². The molecule has 0 bridgehead atoms. The highest BCUT2D eigenvalue weighted by atomic mass is 32.2. The topological polar surface area (TPSA) is 29.1 Å². The van der Waals surface area contributed by atoms with Crippen LogP contribution in [0.3, 0.4) is 0 Å². The third-order valence-electron chi connectivity index (χ3n) is 3.45. The van der Waals surface area contributed by atoms with Crippen LogP contribution < -0.4 is 5.32 Å². The van der Waals surface area contributed by atoms with E-state index >= 15 is 0 Å². The molecule has 1 aromatic rings. The summed E-state index contributed by atoms with van der Waals surface area (Å²) in [5, 5.41) is 3.08. The van der Waals surface area contributed by atoms with Crippen molar-refractivity contribution < 1.29 is 4.79 Å². The number of unbranched alkanes of at least 4 members (excludes halogenated alkanes) is 1. The highest BCUT2D eigenvalue weighted by Crippen LogP contribution is 2.20. The number of hydrogen-bond acceptors (Lipinski definition) is 2. The number of rotatable bonds is 8. The SMILES string of the molecule is CCCCC(CC)CNC(=O)c1ccccc1SC. The van der Waals surface area contributed by atoms with Crippen LogP contribution in [0.4, 0.5) is 0 Å². The summed E-state index contributed by atoms with van der Waals surface area (Å²) in [6.45, 7) is 5.19. The van der Waals surface area contributed by atoms with Gasteiger partial charge in [-0.05, 0) is 30.7 Å². The van der Waals surface area contributed by atoms with Gasteiger partial charge in [-0.15, -0.1) is 11.8 Å². The van der Waals surface area contributed by atoms with E-state index < -0.39 is 0 Å². The maximum atomic E-state index is 12.2. The van der Waals surface area contributed by atoms with Gasteiger partial charge in [0.25, 0.3) is 5.91 Å². The average molecular weight is 279 g/mol. The van der Waals surface area contributed by atoms with Crippen LogP contribution >= 0.6 is 11.8 Å². The van der Waals surface area contributed by atoms with Crippen LogP contribution in [0.2, 0.25) is 0 Å². The maximum Gasteiger partial charge on any atom is 0.252 e. The number of carbonyl (C=O) groups is 1. The Morgan fingerprint density at radius 2 is 2.05 bits per heavy atom. The second-order valence-electron chi connectivity index (χ2n) is 4.83. The van der Waals surface area contributed by atoms with Crippen molar-refractivity contribution in [3.63, 3.8) is 0 Å². The highest BCUT2D eigenvalue weighted by Gasteiger charge is 2.12. The Kier molecular flexibility index (Phi) is 7.65. The van der Waals surface area contributed by atoms with Crippen LogP contribution in [0.1, 0.15) is 49.9 Å². The highest BCUT2D eigenvalue weighted by molar-refractivity contribution is 7.98. The fraction of sp³-hybridized carbons (Fsp3) is 0.562. The lowest BCUT2D eigenvalue weighted by Gasteiger charge is -2.16. The van der Waals surface area contributed by atoms with E-state index in [9.17, 15) is 4.79 Å². The number of carbonyl (C=O) groups excluding carboxylic acids is 1. The summed E-state index contributed by atoms with van der Waals surface area (Å²) < 4.78 is 0. The van der Waals surface area contributed by atoms with Crippen molar-refractivity contribution in [2.24, 2.45) is 5.92 Å². The largest absolute Gasteiger partial charge is 0.352 e. The molecule has 0 saturated carbocycles. The van der Waals surface area contributed by atoms with Crippen molar-refractivity contribution in [2.45, 2.75) is 44.4 Å². The predicted molar refractivity (Wildman–Crippen MR) is 83.9 cm³/mol. The van der Waals surface area contributed by atoms with Crippen molar-refractivity contribution in [1.29, 1.82) is 0 Å². The standard InChI is InChI=1S/C16H25NOS/c1-4-6-9-13(5-2)12-17-16(18)14-10-7-8-11-15(14)19-3/h7-8,10-11,13H,4-6,9,12H2,1-3H3,(H,17,18). The molecule has 0 aliphatic carbocycles. The number of hydrogen-bond donors (Lipinski definition) is 1. The summed E-state index contributed by atoms with van der Waals surface area (Å²) in [6, 6.07) is 7.78. The van der Waals surface area contributed by atoms with Crippen LogP contribution in [-0.2, 0) is 0 Å². The molecule has 0 spiro atoms. The van der Waals surface area contributed by atoms with Crippen LogP contribution in [0, 0.1) is 5.92 Å². The summed E-state index contributed by atoms with van der Waals surface area (Å²) in [7, 11) is 0. The van der Waals surface area contributed by atoms with Gasteiger partial charge >= 0.3 is 0 Å². The fourth-order valence-corrected chi connectivity index (χ4v) is 2.70. The van der Waals surface area contributed by atoms with E-state index in [0.29, 0.717) is 5.92 Å². The van der Waals surface area contributed by atoms with Gasteiger partial charge in [0.15, 0.2) is 0 Å². The van der Waals surface area contributed by atoms with Crippen LogP contribution in [0.5, 0.6) is 0 Å². The first-order valence-corrected chi connectivity index (χ1v) is 8.36. The lowest BCUT2D eigenvalue weighted by molar-refractivity contribution is 0.0943. The third-order valence-corrected chi connectivity index (χ3v) is 4.24. The zero-order valence-corrected chi connectivity index (χ0v) is 13.1. The van der Waals surface area contributed by atoms with Crippen molar-refractivity contribution in [3.8, 4) is 0 Å². The molecule has 0 heterocycles. The number of amides is 1. The minimum absolute atomic E-state index is 0.0555. The normalized spacial score (nSPS) is 12.2. The Morgan fingerprint density at radius 3 is 2.68 bits per heavy atom. The number of nitrogens with one attached hydrogen (secondary N) is 1.